The first-order chi connectivity index (χ1) is 10.2. The standard InChI is InChI=1S/C16H19N3O2/c20-16(21)18-11-12-6-9-19(10-7-12)15-14-4-2-1-3-13(14)5-8-17-15/h1-5,8,12,18H,6-7,9-11H2,(H,20,21). The van der Waals surface area contributed by atoms with E-state index >= 15 is 0 Å². The molecule has 0 spiro atoms. The third-order valence-electron chi connectivity index (χ3n) is 4.11. The molecule has 2 heterocycles. The number of fused-ring (bicyclic) bond motifs is 1. The molecule has 1 fully saturated rings. The van der Waals surface area contributed by atoms with Gasteiger partial charge in [0.2, 0.25) is 0 Å². The van der Waals surface area contributed by atoms with E-state index < -0.39 is 6.09 Å². The SMILES string of the molecule is O=C(O)NCC1CCN(c2nccc3ccccc23)CC1. The quantitative estimate of drug-likeness (QED) is 0.910. The van der Waals surface area contributed by atoms with E-state index in [2.05, 4.69) is 27.3 Å². The third kappa shape index (κ3) is 3.07. The van der Waals surface area contributed by atoms with E-state index in [-0.39, 0.29) is 0 Å². The smallest absolute Gasteiger partial charge is 0.404 e. The number of piperidine rings is 1. The summed E-state index contributed by atoms with van der Waals surface area (Å²) in [5, 5.41) is 13.5. The molecule has 0 bridgehead atoms. The highest BCUT2D eigenvalue weighted by Crippen LogP contribution is 2.27. The number of hydrogen-bond acceptors (Lipinski definition) is 3. The minimum absolute atomic E-state index is 0.423. The Morgan fingerprint density at radius 3 is 2.81 bits per heavy atom. The van der Waals surface area contributed by atoms with Gasteiger partial charge >= 0.3 is 6.09 Å². The van der Waals surface area contributed by atoms with Crippen molar-refractivity contribution in [2.45, 2.75) is 12.8 Å². The zero-order valence-electron chi connectivity index (χ0n) is 11.8. The lowest BCUT2D eigenvalue weighted by molar-refractivity contribution is 0.191. The number of rotatable bonds is 3. The molecule has 1 aromatic carbocycles. The van der Waals surface area contributed by atoms with Crippen molar-refractivity contribution in [3.05, 3.63) is 36.5 Å². The fourth-order valence-corrected chi connectivity index (χ4v) is 2.94. The van der Waals surface area contributed by atoms with Gasteiger partial charge < -0.3 is 15.3 Å². The molecule has 5 nitrogen and oxygen atoms in total. The summed E-state index contributed by atoms with van der Waals surface area (Å²) in [4.78, 5) is 17.4. The first-order valence-electron chi connectivity index (χ1n) is 7.29. The van der Waals surface area contributed by atoms with Gasteiger partial charge in [-0.3, -0.25) is 0 Å². The maximum Gasteiger partial charge on any atom is 0.404 e. The van der Waals surface area contributed by atoms with Crippen LogP contribution in [-0.4, -0.2) is 35.8 Å². The Morgan fingerprint density at radius 1 is 1.29 bits per heavy atom. The van der Waals surface area contributed by atoms with Crippen LogP contribution in [-0.2, 0) is 0 Å². The largest absolute Gasteiger partial charge is 0.465 e. The Kier molecular flexibility index (Phi) is 3.90. The molecule has 1 aliphatic rings. The second kappa shape index (κ2) is 5.99. The van der Waals surface area contributed by atoms with Gasteiger partial charge in [-0.15, -0.1) is 0 Å². The first kappa shape index (κ1) is 13.7. The minimum atomic E-state index is -0.937. The molecule has 0 atom stereocenters. The van der Waals surface area contributed by atoms with Crippen LogP contribution >= 0.6 is 0 Å². The van der Waals surface area contributed by atoms with Gasteiger partial charge in [0, 0.05) is 31.2 Å². The van der Waals surface area contributed by atoms with Crippen LogP contribution in [0.15, 0.2) is 36.5 Å². The van der Waals surface area contributed by atoms with Gasteiger partial charge in [-0.2, -0.15) is 0 Å². The molecule has 2 N–H and O–H groups in total. The van der Waals surface area contributed by atoms with Crippen molar-refractivity contribution in [3.63, 3.8) is 0 Å². The highest BCUT2D eigenvalue weighted by Gasteiger charge is 2.21. The summed E-state index contributed by atoms with van der Waals surface area (Å²) in [6.45, 7) is 2.39. The normalized spacial score (nSPS) is 16.1. The van der Waals surface area contributed by atoms with Crippen LogP contribution in [0.25, 0.3) is 10.8 Å². The average Bonchev–Trinajstić information content (AvgIpc) is 2.53. The zero-order valence-corrected chi connectivity index (χ0v) is 11.8. The van der Waals surface area contributed by atoms with Gasteiger partial charge in [0.25, 0.3) is 0 Å². The van der Waals surface area contributed by atoms with Crippen LogP contribution in [0.2, 0.25) is 0 Å². The summed E-state index contributed by atoms with van der Waals surface area (Å²) in [7, 11) is 0. The molecule has 21 heavy (non-hydrogen) atoms. The topological polar surface area (TPSA) is 65.5 Å². The Balaban J connectivity index is 1.70. The Morgan fingerprint density at radius 2 is 2.05 bits per heavy atom. The summed E-state index contributed by atoms with van der Waals surface area (Å²) in [6.07, 6.45) is 2.90. The Hall–Kier alpha value is -2.30. The van der Waals surface area contributed by atoms with E-state index in [1.165, 1.54) is 10.8 Å². The van der Waals surface area contributed by atoms with Crippen molar-refractivity contribution in [1.29, 1.82) is 0 Å². The van der Waals surface area contributed by atoms with Crippen LogP contribution in [0.3, 0.4) is 0 Å². The molecule has 0 saturated carbocycles. The van der Waals surface area contributed by atoms with E-state index in [0.717, 1.165) is 31.7 Å². The van der Waals surface area contributed by atoms with Gasteiger partial charge in [0.05, 0.1) is 0 Å². The maximum absolute atomic E-state index is 10.5. The molecular weight excluding hydrogens is 266 g/mol. The number of nitrogens with one attached hydrogen (secondary N) is 1. The highest BCUT2D eigenvalue weighted by molar-refractivity contribution is 5.92. The second-order valence-corrected chi connectivity index (χ2v) is 5.47. The minimum Gasteiger partial charge on any atom is -0.465 e. The lowest BCUT2D eigenvalue weighted by atomic mass is 9.96. The Labute approximate surface area is 123 Å². The number of carboxylic acid groups (broad SMARTS) is 1. The van der Waals surface area contributed by atoms with Crippen molar-refractivity contribution in [1.82, 2.24) is 10.3 Å². The average molecular weight is 285 g/mol. The van der Waals surface area contributed by atoms with E-state index in [1.807, 2.05) is 24.4 Å². The molecule has 1 amide bonds. The Bertz CT molecular complexity index is 631. The molecule has 1 saturated heterocycles. The number of benzene rings is 1. The lowest BCUT2D eigenvalue weighted by Gasteiger charge is -2.33. The maximum atomic E-state index is 10.5. The van der Waals surface area contributed by atoms with Gasteiger partial charge in [0.1, 0.15) is 5.82 Å². The number of hydrogen-bond donors (Lipinski definition) is 2. The molecule has 5 heteroatoms. The predicted octanol–water partition coefficient (Wildman–Crippen LogP) is 2.72. The molecule has 0 unspecified atom stereocenters. The van der Waals surface area contributed by atoms with Gasteiger partial charge in [-0.05, 0) is 30.2 Å². The molecule has 1 aromatic heterocycles. The molecular formula is C16H19N3O2. The van der Waals surface area contributed by atoms with Crippen LogP contribution in [0.5, 0.6) is 0 Å². The number of amides is 1. The summed E-state index contributed by atoms with van der Waals surface area (Å²) in [5.41, 5.74) is 0. The van der Waals surface area contributed by atoms with Crippen LogP contribution in [0.4, 0.5) is 10.6 Å². The summed E-state index contributed by atoms with van der Waals surface area (Å²) < 4.78 is 0. The third-order valence-corrected chi connectivity index (χ3v) is 4.11. The fourth-order valence-electron chi connectivity index (χ4n) is 2.94. The zero-order chi connectivity index (χ0) is 14.7. The molecule has 3 rings (SSSR count). The van der Waals surface area contributed by atoms with E-state index in [1.54, 1.807) is 0 Å². The lowest BCUT2D eigenvalue weighted by Crippen LogP contribution is -2.38. The molecule has 1 aliphatic heterocycles. The van der Waals surface area contributed by atoms with Gasteiger partial charge in [0.15, 0.2) is 0 Å². The summed E-state index contributed by atoms with van der Waals surface area (Å²) in [5.74, 6) is 1.46. The summed E-state index contributed by atoms with van der Waals surface area (Å²) >= 11 is 0. The van der Waals surface area contributed by atoms with Crippen molar-refractivity contribution < 1.29 is 9.90 Å². The second-order valence-electron chi connectivity index (χ2n) is 5.47. The van der Waals surface area contributed by atoms with Crippen molar-refractivity contribution in [2.24, 2.45) is 5.92 Å². The molecule has 0 radical (unpaired) electrons. The molecule has 0 aliphatic carbocycles. The van der Waals surface area contributed by atoms with E-state index in [0.29, 0.717) is 12.5 Å². The molecule has 110 valence electrons. The van der Waals surface area contributed by atoms with E-state index in [4.69, 9.17) is 5.11 Å². The fraction of sp³-hybridized carbons (Fsp3) is 0.375. The number of anilines is 1. The van der Waals surface area contributed by atoms with Crippen molar-refractivity contribution in [2.75, 3.05) is 24.5 Å². The van der Waals surface area contributed by atoms with Gasteiger partial charge in [-0.25, -0.2) is 9.78 Å². The van der Waals surface area contributed by atoms with Crippen LogP contribution in [0.1, 0.15) is 12.8 Å². The summed E-state index contributed by atoms with van der Waals surface area (Å²) in [6, 6.07) is 10.3. The monoisotopic (exact) mass is 285 g/mol. The van der Waals surface area contributed by atoms with Crippen molar-refractivity contribution in [3.8, 4) is 0 Å². The number of aromatic nitrogens is 1. The highest BCUT2D eigenvalue weighted by atomic mass is 16.4. The molecule has 2 aromatic rings. The first-order valence-corrected chi connectivity index (χ1v) is 7.29. The predicted molar refractivity (Wildman–Crippen MR) is 82.7 cm³/mol. The van der Waals surface area contributed by atoms with E-state index in [9.17, 15) is 4.79 Å². The van der Waals surface area contributed by atoms with Crippen LogP contribution in [0, 0.1) is 5.92 Å². The van der Waals surface area contributed by atoms with Gasteiger partial charge in [-0.1, -0.05) is 24.3 Å². The number of nitrogens with zero attached hydrogens (tertiary/aromatic N) is 2. The number of pyridine rings is 1. The number of carbonyl (C=O) groups is 1. The van der Waals surface area contributed by atoms with Crippen molar-refractivity contribution >= 4 is 22.7 Å². The van der Waals surface area contributed by atoms with Crippen LogP contribution < -0.4 is 10.2 Å².